The molecule has 0 saturated heterocycles. The van der Waals surface area contributed by atoms with Crippen LogP contribution in [0.3, 0.4) is 0 Å². The quantitative estimate of drug-likeness (QED) is 0.111. The van der Waals surface area contributed by atoms with Gasteiger partial charge in [0.05, 0.1) is 0 Å². The number of rotatable bonds is 8. The van der Waals surface area contributed by atoms with Crippen molar-refractivity contribution in [2.24, 2.45) is 0 Å². The summed E-state index contributed by atoms with van der Waals surface area (Å²) in [6, 6.07) is 87.7. The molecule has 0 aromatic heterocycles. The number of halogens is 4. The molecule has 8 rings (SSSR count). The molecule has 0 aliphatic heterocycles. The Bertz CT molecular complexity index is 2580. The van der Waals surface area contributed by atoms with Gasteiger partial charge in [0, 0.05) is 0 Å². The first-order chi connectivity index (χ1) is 32.8. The Morgan fingerprint density at radius 1 is 0.257 bits per heavy atom. The first-order valence-corrected chi connectivity index (χ1v) is 40.7. The van der Waals surface area contributed by atoms with Gasteiger partial charge < -0.3 is 0 Å². The summed E-state index contributed by atoms with van der Waals surface area (Å²) >= 11 is -10.1. The molecule has 8 aromatic rings. The topological polar surface area (TPSA) is 223 Å². The summed E-state index contributed by atoms with van der Waals surface area (Å²) in [5.41, 5.74) is 0. The van der Waals surface area contributed by atoms with Crippen LogP contribution >= 0.6 is 71.0 Å². The van der Waals surface area contributed by atoms with Crippen LogP contribution in [0.2, 0.25) is 0 Å². The minimum absolute atomic E-state index is 1.39. The van der Waals surface area contributed by atoms with E-state index < -0.39 is 59.4 Å². The van der Waals surface area contributed by atoms with Gasteiger partial charge in [-0.05, 0) is 97.1 Å². The molecule has 12 nitrogen and oxygen atoms in total. The summed E-state index contributed by atoms with van der Waals surface area (Å²) in [5, 5.41) is 11.1. The minimum atomic E-state index is -4.56. The summed E-state index contributed by atoms with van der Waals surface area (Å²) in [6.07, 6.45) is 0. The molecule has 372 valence electrons. The van der Waals surface area contributed by atoms with Gasteiger partial charge in [-0.15, -0.1) is 0 Å². The van der Waals surface area contributed by atoms with Crippen LogP contribution in [0.25, 0.3) is 0 Å². The van der Waals surface area contributed by atoms with E-state index in [-0.39, 0.29) is 0 Å². The predicted molar refractivity (Wildman–Crippen MR) is 268 cm³/mol. The third-order valence-electron chi connectivity index (χ3n) is 9.15. The van der Waals surface area contributed by atoms with Gasteiger partial charge in [0.2, 0.25) is 0 Å². The van der Waals surface area contributed by atoms with Crippen LogP contribution in [0.4, 0.5) is 0 Å². The van der Waals surface area contributed by atoms with E-state index in [1.54, 1.807) is 0 Å². The van der Waals surface area contributed by atoms with Gasteiger partial charge in [-0.3, -0.25) is 0 Å². The van der Waals surface area contributed by atoms with Crippen molar-refractivity contribution in [1.29, 1.82) is 0 Å². The van der Waals surface area contributed by atoms with Crippen molar-refractivity contribution < 1.29 is 92.4 Å². The van der Waals surface area contributed by atoms with Gasteiger partial charge in [0.25, 0.3) is 0 Å². The van der Waals surface area contributed by atoms with E-state index in [0.29, 0.717) is 0 Å². The smallest absolute Gasteiger partial charge is 0.0620 e. The molecule has 0 bridgehead atoms. The number of hydrogen-bond donors (Lipinski definition) is 2. The number of hydrogen-bond acceptors (Lipinski definition) is 10. The van der Waals surface area contributed by atoms with Crippen molar-refractivity contribution in [3.05, 3.63) is 243 Å². The van der Waals surface area contributed by atoms with Crippen LogP contribution in [0.15, 0.2) is 243 Å². The molecular formula is C48H42Br4Mn4O12P2. The summed E-state index contributed by atoms with van der Waals surface area (Å²) in [5.74, 6) is 0. The molecule has 0 heterocycles. The van der Waals surface area contributed by atoms with Crippen molar-refractivity contribution in [2.45, 2.75) is 0 Å². The van der Waals surface area contributed by atoms with Crippen molar-refractivity contribution in [1.82, 2.24) is 0 Å². The molecule has 0 saturated carbocycles. The Labute approximate surface area is 443 Å². The molecule has 0 fully saturated rings. The van der Waals surface area contributed by atoms with Crippen LogP contribution in [-0.2, 0) is 75.6 Å². The fourth-order valence-corrected chi connectivity index (χ4v) is 15.5. The van der Waals surface area contributed by atoms with Crippen molar-refractivity contribution in [3.8, 4) is 0 Å². The van der Waals surface area contributed by atoms with Crippen molar-refractivity contribution in [3.63, 3.8) is 0 Å². The van der Waals surface area contributed by atoms with E-state index in [1.807, 2.05) is 56.4 Å². The molecular weight excluding hydrogens is 1370 g/mol. The van der Waals surface area contributed by atoms with Gasteiger partial charge in [0.15, 0.2) is 0 Å². The summed E-state index contributed by atoms with van der Waals surface area (Å²) in [4.78, 5) is 0. The Kier molecular flexibility index (Phi) is 25.8. The van der Waals surface area contributed by atoms with Gasteiger partial charge >= 0.3 is 149 Å². The Morgan fingerprint density at radius 2 is 0.329 bits per heavy atom. The average molecular weight is 1410 g/mol. The predicted octanol–water partition coefficient (Wildman–Crippen LogP) is 7.54. The second-order valence-corrected chi connectivity index (χ2v) is 37.3. The maximum absolute atomic E-state index is 9.16. The van der Waals surface area contributed by atoms with E-state index >= 15 is 0 Å². The fraction of sp³-hybridized carbons (Fsp3) is 0. The Balaban J connectivity index is 0.000000268. The fourth-order valence-electron chi connectivity index (χ4n) is 7.00. The molecule has 70 heavy (non-hydrogen) atoms. The molecule has 0 amide bonds. The summed E-state index contributed by atoms with van der Waals surface area (Å²) in [6.45, 7) is 0. The molecule has 8 aromatic carbocycles. The van der Waals surface area contributed by atoms with E-state index in [0.717, 1.165) is 0 Å². The van der Waals surface area contributed by atoms with Crippen LogP contribution < -0.4 is 50.8 Å². The molecule has 0 spiro atoms. The van der Waals surface area contributed by atoms with E-state index in [2.05, 4.69) is 243 Å². The number of benzene rings is 8. The second kappa shape index (κ2) is 29.5. The Morgan fingerprint density at radius 3 is 0.400 bits per heavy atom. The van der Waals surface area contributed by atoms with Gasteiger partial charge in [-0.2, -0.15) is 0 Å². The normalized spacial score (nSPS) is 11.3. The summed E-state index contributed by atoms with van der Waals surface area (Å²) < 4.78 is 106. The van der Waals surface area contributed by atoms with Gasteiger partial charge in [-0.1, -0.05) is 146 Å². The summed E-state index contributed by atoms with van der Waals surface area (Å²) in [7, 11) is -3.81. The molecule has 0 atom stereocenters. The van der Waals surface area contributed by atoms with E-state index in [9.17, 15) is 0 Å². The van der Waals surface area contributed by atoms with Gasteiger partial charge in [-0.25, -0.2) is 0 Å². The Hall–Kier alpha value is -3.14. The standard InChI is InChI=1S/2C24H20P.4BrH.4Mn.2H2O.10O/c2*1-5-13-21(14-6-1)25(22-15-7-2-8-16-22,23-17-9-3-10-18-23)24-19-11-4-12-20-24;;;;;;;;;;;;;;;;;;;;/h2*1-20H;4*1H;;;;;2*1H2;;;;;;;;;;/q2*+1;;;;;2*+1;2*+2;;;;;;;;;;;2*-1/p-6. The monoisotopic (exact) mass is 1410 g/mol. The SMILES string of the molecule is [O]=[Mn](=[O])([O-])[Br].[O]=[Mn](=[O])([O-])[Br].[O]=[Mn](=[O])([OH])[Br].[O]=[Mn](=[O])([OH])[Br].c1ccc([P+](c2ccccc2)(c2ccccc2)c2ccccc2)cc1.c1ccc([P+](c2ccccc2)(c2ccccc2)c2ccccc2)cc1. The average Bonchev–Trinajstić information content (AvgIpc) is 3.31. The molecule has 22 heteroatoms. The van der Waals surface area contributed by atoms with Crippen LogP contribution in [0.1, 0.15) is 0 Å². The van der Waals surface area contributed by atoms with Gasteiger partial charge in [0.1, 0.15) is 57.0 Å². The zero-order chi connectivity index (χ0) is 51.9. The maximum Gasteiger partial charge on any atom is 0.144 e. The second-order valence-electron chi connectivity index (χ2n) is 13.5. The molecule has 0 unspecified atom stereocenters. The zero-order valence-corrected chi connectivity index (χ0v) is 48.8. The minimum Gasteiger partial charge on any atom is -0.0620 e. The third kappa shape index (κ3) is 22.3. The van der Waals surface area contributed by atoms with E-state index in [1.165, 1.54) is 42.4 Å². The third-order valence-corrected chi connectivity index (χ3v) is 17.7. The van der Waals surface area contributed by atoms with E-state index in [4.69, 9.17) is 47.4 Å². The first kappa shape index (κ1) is 61.2. The van der Waals surface area contributed by atoms with Crippen LogP contribution in [-0.4, -0.2) is 8.38 Å². The maximum atomic E-state index is 9.16. The van der Waals surface area contributed by atoms with Crippen LogP contribution in [0, 0.1) is 0 Å². The molecule has 0 aliphatic carbocycles. The molecule has 2 N–H and O–H groups in total. The first-order valence-electron chi connectivity index (χ1n) is 19.5. The van der Waals surface area contributed by atoms with Crippen LogP contribution in [0.5, 0.6) is 0 Å². The van der Waals surface area contributed by atoms with Crippen molar-refractivity contribution >= 4 is 113 Å². The molecule has 0 aliphatic rings. The largest absolute Gasteiger partial charge is 0.144 e. The van der Waals surface area contributed by atoms with Crippen molar-refractivity contribution in [2.75, 3.05) is 0 Å². The molecule has 0 radical (unpaired) electrons. The zero-order valence-electron chi connectivity index (χ0n) is 36.0.